The van der Waals surface area contributed by atoms with E-state index >= 15 is 0 Å². The van der Waals surface area contributed by atoms with Crippen LogP contribution in [0.25, 0.3) is 0 Å². The van der Waals surface area contributed by atoms with Gasteiger partial charge in [-0.2, -0.15) is 0 Å². The first-order valence-electron chi connectivity index (χ1n) is 8.76. The zero-order chi connectivity index (χ0) is 20.0. The molecule has 1 heterocycles. The van der Waals surface area contributed by atoms with Crippen molar-refractivity contribution in [1.82, 2.24) is 4.98 Å². The topological polar surface area (TPSA) is 107 Å². The Balaban J connectivity index is 1.78. The summed E-state index contributed by atoms with van der Waals surface area (Å²) in [6.07, 6.45) is 3.60. The number of hydrogen-bond donors (Lipinski definition) is 1. The summed E-state index contributed by atoms with van der Waals surface area (Å²) in [5.41, 5.74) is 0.499. The molecule has 8 nitrogen and oxygen atoms in total. The van der Waals surface area contributed by atoms with Gasteiger partial charge in [0.25, 0.3) is 5.91 Å². The van der Waals surface area contributed by atoms with Gasteiger partial charge in [-0.15, -0.1) is 11.3 Å². The van der Waals surface area contributed by atoms with Gasteiger partial charge in [0.1, 0.15) is 6.61 Å². The Labute approximate surface area is 167 Å². The van der Waals surface area contributed by atoms with Crippen molar-refractivity contribution < 1.29 is 22.8 Å². The number of sulfone groups is 1. The summed E-state index contributed by atoms with van der Waals surface area (Å²) in [6, 6.07) is 6.13. The van der Waals surface area contributed by atoms with Crippen molar-refractivity contribution in [2.24, 2.45) is 5.16 Å². The normalized spacial score (nSPS) is 14.7. The van der Waals surface area contributed by atoms with Crippen LogP contribution in [-0.4, -0.2) is 50.6 Å². The van der Waals surface area contributed by atoms with E-state index in [2.05, 4.69) is 15.5 Å². The molecule has 1 saturated carbocycles. The van der Waals surface area contributed by atoms with E-state index in [4.69, 9.17) is 9.57 Å². The summed E-state index contributed by atoms with van der Waals surface area (Å²) in [7, 11) is -1.70. The van der Waals surface area contributed by atoms with E-state index in [1.165, 1.54) is 23.5 Å². The Bertz CT molecular complexity index is 921. The molecule has 28 heavy (non-hydrogen) atoms. The van der Waals surface area contributed by atoms with Gasteiger partial charge in [0, 0.05) is 37.3 Å². The van der Waals surface area contributed by atoms with Crippen LogP contribution in [0.1, 0.15) is 24.8 Å². The number of nitrogens with zero attached hydrogens (tertiary/aromatic N) is 2. The van der Waals surface area contributed by atoms with Crippen LogP contribution < -0.4 is 5.32 Å². The third-order valence-electron chi connectivity index (χ3n) is 4.03. The van der Waals surface area contributed by atoms with Gasteiger partial charge >= 0.3 is 0 Å². The minimum atomic E-state index is -3.29. The first-order chi connectivity index (χ1) is 13.5. The summed E-state index contributed by atoms with van der Waals surface area (Å²) in [6.45, 7) is 0.805. The van der Waals surface area contributed by atoms with Gasteiger partial charge in [-0.1, -0.05) is 17.3 Å². The van der Waals surface area contributed by atoms with Crippen LogP contribution >= 0.6 is 11.3 Å². The van der Waals surface area contributed by atoms with Crippen LogP contribution in [-0.2, 0) is 24.2 Å². The summed E-state index contributed by atoms with van der Waals surface area (Å²) in [4.78, 5) is 22.2. The lowest BCUT2D eigenvalue weighted by molar-refractivity contribution is -0.110. The predicted octanol–water partition coefficient (Wildman–Crippen LogP) is 2.48. The highest BCUT2D eigenvalue weighted by Crippen LogP contribution is 2.33. The molecular weight excluding hydrogens is 402 g/mol. The van der Waals surface area contributed by atoms with Crippen molar-refractivity contribution in [1.29, 1.82) is 0 Å². The van der Waals surface area contributed by atoms with E-state index in [0.29, 0.717) is 36.6 Å². The number of thiazole rings is 1. The Kier molecular flexibility index (Phi) is 6.76. The van der Waals surface area contributed by atoms with Gasteiger partial charge in [0.2, 0.25) is 0 Å². The van der Waals surface area contributed by atoms with Crippen LogP contribution in [0, 0.1) is 0 Å². The van der Waals surface area contributed by atoms with Crippen molar-refractivity contribution in [3.63, 3.8) is 0 Å². The van der Waals surface area contributed by atoms with Crippen molar-refractivity contribution >= 4 is 37.9 Å². The van der Waals surface area contributed by atoms with Gasteiger partial charge < -0.3 is 9.57 Å². The highest BCUT2D eigenvalue weighted by Gasteiger charge is 2.36. The second kappa shape index (κ2) is 9.26. The molecule has 1 amide bonds. The number of ether oxygens (including phenoxy) is 1. The van der Waals surface area contributed by atoms with Crippen LogP contribution in [0.15, 0.2) is 45.9 Å². The first kappa shape index (κ1) is 20.4. The largest absolute Gasteiger partial charge is 0.395 e. The lowest BCUT2D eigenvalue weighted by Crippen LogP contribution is -2.24. The molecule has 1 aromatic heterocycles. The molecular formula is C18H21N3O5S2. The Morgan fingerprint density at radius 1 is 1.29 bits per heavy atom. The maximum absolute atomic E-state index is 12.6. The van der Waals surface area contributed by atoms with Gasteiger partial charge in [-0.3, -0.25) is 10.1 Å². The first-order valence-corrected chi connectivity index (χ1v) is 11.2. The molecule has 1 N–H and O–H groups in total. The van der Waals surface area contributed by atoms with Crippen LogP contribution in [0.3, 0.4) is 0 Å². The number of carbonyl (C=O) groups excluding carboxylic acids is 1. The molecule has 0 aliphatic heterocycles. The molecule has 0 unspecified atom stereocenters. The summed E-state index contributed by atoms with van der Waals surface area (Å²) < 4.78 is 29.6. The summed E-state index contributed by atoms with van der Waals surface area (Å²) in [5, 5.41) is 8.51. The minimum absolute atomic E-state index is 0.0444. The molecule has 150 valence electrons. The lowest BCUT2D eigenvalue weighted by atomic mass is 10.1. The van der Waals surface area contributed by atoms with Crippen LogP contribution in [0.4, 0.5) is 5.13 Å². The van der Waals surface area contributed by atoms with Gasteiger partial charge in [0.15, 0.2) is 20.7 Å². The summed E-state index contributed by atoms with van der Waals surface area (Å²) in [5.74, 6) is -0.487. The quantitative estimate of drug-likeness (QED) is 0.357. The van der Waals surface area contributed by atoms with Crippen molar-refractivity contribution in [3.8, 4) is 0 Å². The molecule has 1 aliphatic rings. The molecule has 0 saturated heterocycles. The number of oxime groups is 1. The fourth-order valence-electron chi connectivity index (χ4n) is 2.42. The number of hydrogen-bond acceptors (Lipinski definition) is 8. The van der Waals surface area contributed by atoms with E-state index in [9.17, 15) is 13.2 Å². The Hall–Kier alpha value is -2.30. The van der Waals surface area contributed by atoms with Crippen LogP contribution in [0.2, 0.25) is 0 Å². The zero-order valence-corrected chi connectivity index (χ0v) is 17.0. The van der Waals surface area contributed by atoms with E-state index in [1.54, 1.807) is 30.8 Å². The van der Waals surface area contributed by atoms with E-state index in [-0.39, 0.29) is 22.5 Å². The fraction of sp³-hybridized carbons (Fsp3) is 0.389. The third kappa shape index (κ3) is 5.15. The molecule has 0 radical (unpaired) electrons. The van der Waals surface area contributed by atoms with E-state index < -0.39 is 15.7 Å². The maximum atomic E-state index is 12.6. The number of benzene rings is 1. The molecule has 0 atom stereocenters. The van der Waals surface area contributed by atoms with Gasteiger partial charge in [0.05, 0.1) is 10.1 Å². The molecule has 1 aromatic carbocycles. The molecule has 1 fully saturated rings. The number of rotatable bonds is 10. The van der Waals surface area contributed by atoms with E-state index in [0.717, 1.165) is 0 Å². The Morgan fingerprint density at radius 2 is 2.04 bits per heavy atom. The zero-order valence-electron chi connectivity index (χ0n) is 15.3. The van der Waals surface area contributed by atoms with Crippen molar-refractivity contribution in [2.75, 3.05) is 25.6 Å². The molecule has 10 heteroatoms. The molecule has 0 bridgehead atoms. The van der Waals surface area contributed by atoms with Gasteiger partial charge in [-0.05, 0) is 25.0 Å². The number of anilines is 1. The number of carbonyl (C=O) groups is 1. The highest BCUT2D eigenvalue weighted by atomic mass is 32.2. The number of amides is 1. The van der Waals surface area contributed by atoms with Crippen LogP contribution in [0.5, 0.6) is 0 Å². The SMILES string of the molecule is COCCCO/N=C(/C(=O)Nc1nccs1)c1ccc(S(=O)(=O)C2CC2)cc1. The highest BCUT2D eigenvalue weighted by molar-refractivity contribution is 7.92. The van der Waals surface area contributed by atoms with Crippen molar-refractivity contribution in [2.45, 2.75) is 29.4 Å². The average Bonchev–Trinajstić information content (AvgIpc) is 3.44. The number of aromatic nitrogens is 1. The Morgan fingerprint density at radius 3 is 2.64 bits per heavy atom. The number of nitrogens with one attached hydrogen (secondary N) is 1. The molecule has 3 rings (SSSR count). The van der Waals surface area contributed by atoms with Gasteiger partial charge in [-0.25, -0.2) is 13.4 Å². The molecule has 0 spiro atoms. The predicted molar refractivity (Wildman–Crippen MR) is 106 cm³/mol. The monoisotopic (exact) mass is 423 g/mol. The molecule has 2 aromatic rings. The number of methoxy groups -OCH3 is 1. The smallest absolute Gasteiger partial charge is 0.280 e. The summed E-state index contributed by atoms with van der Waals surface area (Å²) >= 11 is 1.28. The standard InChI is InChI=1S/C18H21N3O5S2/c1-25-10-2-11-26-21-16(17(22)20-18-19-9-12-27-18)13-3-5-14(6-4-13)28(23,24)15-7-8-15/h3-6,9,12,15H,2,7-8,10-11H2,1H3,(H,19,20,22)/b21-16+. The fourth-order valence-corrected chi connectivity index (χ4v) is 4.60. The second-order valence-corrected chi connectivity index (χ2v) is 9.30. The third-order valence-corrected chi connectivity index (χ3v) is 6.99. The van der Waals surface area contributed by atoms with Crippen molar-refractivity contribution in [3.05, 3.63) is 41.4 Å². The minimum Gasteiger partial charge on any atom is -0.395 e. The molecule has 1 aliphatic carbocycles. The second-order valence-electron chi connectivity index (χ2n) is 6.18. The van der Waals surface area contributed by atoms with E-state index in [1.807, 2.05) is 0 Å². The average molecular weight is 424 g/mol. The lowest BCUT2D eigenvalue weighted by Gasteiger charge is -2.08. The maximum Gasteiger partial charge on any atom is 0.280 e.